The summed E-state index contributed by atoms with van der Waals surface area (Å²) in [6.07, 6.45) is 0.816. The Bertz CT molecular complexity index is 1310. The quantitative estimate of drug-likeness (QED) is 0.575. The molecule has 1 saturated heterocycles. The van der Waals surface area contributed by atoms with Gasteiger partial charge in [-0.25, -0.2) is 4.99 Å². The highest BCUT2D eigenvalue weighted by molar-refractivity contribution is 6.30. The van der Waals surface area contributed by atoms with Crippen LogP contribution >= 0.6 is 11.6 Å². The Morgan fingerprint density at radius 3 is 2.51 bits per heavy atom. The van der Waals surface area contributed by atoms with Crippen LogP contribution in [-0.2, 0) is 10.3 Å². The first kappa shape index (κ1) is 23.1. The second-order valence-electron chi connectivity index (χ2n) is 9.32. The molecule has 0 bridgehead atoms. The standard InChI is InChI=1S/C28H27ClN4O2/c1-28(23-11-5-9-21(15-23)22-10-6-12-24(29)16-22)26(35)33(27(30)31-28)18-19-13-14-32(17-19)25(34)20-7-3-2-4-8-20/h2-12,15-16,19H,13-14,17-18H2,1H3,(H2,30,31)/t19-,28?/m1/s1. The molecule has 7 heteroatoms. The summed E-state index contributed by atoms with van der Waals surface area (Å²) in [6.45, 7) is 3.50. The molecule has 0 radical (unpaired) electrons. The summed E-state index contributed by atoms with van der Waals surface area (Å²) in [5.74, 6) is 0.232. The van der Waals surface area contributed by atoms with E-state index in [2.05, 4.69) is 4.99 Å². The largest absolute Gasteiger partial charge is 0.369 e. The van der Waals surface area contributed by atoms with Crippen molar-refractivity contribution in [3.63, 3.8) is 0 Å². The van der Waals surface area contributed by atoms with Crippen LogP contribution in [0.1, 0.15) is 29.3 Å². The number of likely N-dealkylation sites (tertiary alicyclic amines) is 1. The van der Waals surface area contributed by atoms with E-state index in [9.17, 15) is 9.59 Å². The van der Waals surface area contributed by atoms with Gasteiger partial charge in [0.1, 0.15) is 0 Å². The van der Waals surface area contributed by atoms with E-state index in [4.69, 9.17) is 17.3 Å². The maximum Gasteiger partial charge on any atom is 0.261 e. The molecule has 2 aliphatic heterocycles. The number of guanidine groups is 1. The molecule has 35 heavy (non-hydrogen) atoms. The number of hydrogen-bond donors (Lipinski definition) is 1. The fourth-order valence-electron chi connectivity index (χ4n) is 4.93. The van der Waals surface area contributed by atoms with E-state index in [-0.39, 0.29) is 23.7 Å². The van der Waals surface area contributed by atoms with Gasteiger partial charge in [0.05, 0.1) is 0 Å². The molecule has 6 nitrogen and oxygen atoms in total. The lowest BCUT2D eigenvalue weighted by molar-refractivity contribution is -0.131. The highest BCUT2D eigenvalue weighted by Crippen LogP contribution is 2.36. The monoisotopic (exact) mass is 486 g/mol. The zero-order valence-electron chi connectivity index (χ0n) is 19.5. The topological polar surface area (TPSA) is 79.0 Å². The van der Waals surface area contributed by atoms with Crippen LogP contribution in [0.25, 0.3) is 11.1 Å². The summed E-state index contributed by atoms with van der Waals surface area (Å²) in [5.41, 5.74) is 8.55. The zero-order valence-corrected chi connectivity index (χ0v) is 20.3. The number of carbonyl (C=O) groups excluding carboxylic acids is 2. The van der Waals surface area contributed by atoms with E-state index in [0.29, 0.717) is 30.2 Å². The maximum absolute atomic E-state index is 13.6. The van der Waals surface area contributed by atoms with Gasteiger partial charge >= 0.3 is 0 Å². The smallest absolute Gasteiger partial charge is 0.261 e. The Kier molecular flexibility index (Phi) is 6.07. The van der Waals surface area contributed by atoms with Gasteiger partial charge in [-0.3, -0.25) is 14.5 Å². The Hall–Kier alpha value is -3.64. The minimum atomic E-state index is -1.10. The van der Waals surface area contributed by atoms with Crippen molar-refractivity contribution in [3.05, 3.63) is 95.0 Å². The SMILES string of the molecule is CC1(c2cccc(-c3cccc(Cl)c3)c2)N=C(N)N(C[C@@H]2CCN(C(=O)c3ccccc3)C2)C1=O. The molecule has 0 saturated carbocycles. The maximum atomic E-state index is 13.6. The first-order chi connectivity index (χ1) is 16.8. The third kappa shape index (κ3) is 4.42. The Morgan fingerprint density at radius 1 is 1.06 bits per heavy atom. The summed E-state index contributed by atoms with van der Waals surface area (Å²) in [6, 6.07) is 24.7. The molecule has 2 heterocycles. The molecule has 1 unspecified atom stereocenters. The van der Waals surface area contributed by atoms with Crippen LogP contribution in [0.3, 0.4) is 0 Å². The lowest BCUT2D eigenvalue weighted by atomic mass is 9.89. The molecular formula is C28H27ClN4O2. The van der Waals surface area contributed by atoms with Crippen LogP contribution in [-0.4, -0.2) is 47.2 Å². The molecule has 178 valence electrons. The number of aliphatic imine (C=N–C) groups is 1. The normalized spacial score (nSPS) is 21.9. The van der Waals surface area contributed by atoms with E-state index in [1.54, 1.807) is 11.8 Å². The van der Waals surface area contributed by atoms with Crippen molar-refractivity contribution < 1.29 is 9.59 Å². The number of halogens is 1. The van der Waals surface area contributed by atoms with E-state index in [1.165, 1.54) is 0 Å². The third-order valence-electron chi connectivity index (χ3n) is 6.89. The van der Waals surface area contributed by atoms with E-state index < -0.39 is 5.54 Å². The molecular weight excluding hydrogens is 460 g/mol. The highest BCUT2D eigenvalue weighted by atomic mass is 35.5. The molecule has 2 aliphatic rings. The van der Waals surface area contributed by atoms with Crippen molar-refractivity contribution in [1.29, 1.82) is 0 Å². The molecule has 2 atom stereocenters. The van der Waals surface area contributed by atoms with Crippen molar-refractivity contribution in [2.45, 2.75) is 18.9 Å². The minimum Gasteiger partial charge on any atom is -0.369 e. The highest BCUT2D eigenvalue weighted by Gasteiger charge is 2.46. The first-order valence-corrected chi connectivity index (χ1v) is 12.1. The Morgan fingerprint density at radius 2 is 1.77 bits per heavy atom. The van der Waals surface area contributed by atoms with Gasteiger partial charge in [0.25, 0.3) is 11.8 Å². The van der Waals surface area contributed by atoms with Crippen LogP contribution < -0.4 is 5.73 Å². The lowest BCUT2D eigenvalue weighted by Crippen LogP contribution is -2.44. The number of hydrogen-bond acceptors (Lipinski definition) is 4. The summed E-state index contributed by atoms with van der Waals surface area (Å²) >= 11 is 6.17. The van der Waals surface area contributed by atoms with Gasteiger partial charge in [-0.1, -0.05) is 60.1 Å². The zero-order chi connectivity index (χ0) is 24.6. The van der Waals surface area contributed by atoms with Crippen LogP contribution in [0.4, 0.5) is 0 Å². The minimum absolute atomic E-state index is 0.0187. The van der Waals surface area contributed by atoms with E-state index in [0.717, 1.165) is 23.1 Å². The van der Waals surface area contributed by atoms with Crippen molar-refractivity contribution in [1.82, 2.24) is 9.80 Å². The van der Waals surface area contributed by atoms with Crippen LogP contribution in [0.2, 0.25) is 5.02 Å². The second kappa shape index (κ2) is 9.19. The second-order valence-corrected chi connectivity index (χ2v) is 9.76. The molecule has 3 aromatic carbocycles. The van der Waals surface area contributed by atoms with Crippen molar-refractivity contribution in [2.24, 2.45) is 16.6 Å². The number of nitrogens with zero attached hydrogens (tertiary/aromatic N) is 3. The summed E-state index contributed by atoms with van der Waals surface area (Å²) in [4.78, 5) is 34.4. The van der Waals surface area contributed by atoms with Crippen LogP contribution in [0.5, 0.6) is 0 Å². The third-order valence-corrected chi connectivity index (χ3v) is 7.13. The first-order valence-electron chi connectivity index (χ1n) is 11.7. The van der Waals surface area contributed by atoms with Gasteiger partial charge in [0.2, 0.25) is 0 Å². The number of amides is 2. The number of nitrogens with two attached hydrogens (primary N) is 1. The predicted molar refractivity (Wildman–Crippen MR) is 138 cm³/mol. The molecule has 5 rings (SSSR count). The lowest BCUT2D eigenvalue weighted by Gasteiger charge is -2.25. The molecule has 3 aromatic rings. The number of rotatable bonds is 5. The summed E-state index contributed by atoms with van der Waals surface area (Å²) in [7, 11) is 0. The molecule has 0 spiro atoms. The van der Waals surface area contributed by atoms with Gasteiger partial charge in [0, 0.05) is 30.2 Å². The van der Waals surface area contributed by atoms with Crippen molar-refractivity contribution in [2.75, 3.05) is 19.6 Å². The van der Waals surface area contributed by atoms with Crippen molar-refractivity contribution >= 4 is 29.4 Å². The fraction of sp³-hybridized carbons (Fsp3) is 0.250. The Balaban J connectivity index is 1.31. The van der Waals surface area contributed by atoms with E-state index in [1.807, 2.05) is 83.8 Å². The van der Waals surface area contributed by atoms with Gasteiger partial charge < -0.3 is 10.6 Å². The molecule has 1 fully saturated rings. The summed E-state index contributed by atoms with van der Waals surface area (Å²) < 4.78 is 0. The molecule has 0 aromatic heterocycles. The summed E-state index contributed by atoms with van der Waals surface area (Å²) in [5, 5.41) is 0.654. The molecule has 2 N–H and O–H groups in total. The Labute approximate surface area is 210 Å². The average molecular weight is 487 g/mol. The van der Waals surface area contributed by atoms with Gasteiger partial charge in [-0.05, 0) is 66.3 Å². The molecule has 2 amide bonds. The van der Waals surface area contributed by atoms with Gasteiger partial charge in [0.15, 0.2) is 11.5 Å². The fourth-order valence-corrected chi connectivity index (χ4v) is 5.12. The van der Waals surface area contributed by atoms with Gasteiger partial charge in [-0.15, -0.1) is 0 Å². The molecule has 0 aliphatic carbocycles. The van der Waals surface area contributed by atoms with Crippen LogP contribution in [0, 0.1) is 5.92 Å². The van der Waals surface area contributed by atoms with Crippen molar-refractivity contribution in [3.8, 4) is 11.1 Å². The predicted octanol–water partition coefficient (Wildman–Crippen LogP) is 4.54. The van der Waals surface area contributed by atoms with E-state index >= 15 is 0 Å². The van der Waals surface area contributed by atoms with Gasteiger partial charge in [-0.2, -0.15) is 0 Å². The number of carbonyl (C=O) groups is 2. The number of benzene rings is 3. The average Bonchev–Trinajstić information content (AvgIpc) is 3.43. The van der Waals surface area contributed by atoms with Crippen LogP contribution in [0.15, 0.2) is 83.9 Å².